The first-order chi connectivity index (χ1) is 15.5. The van der Waals surface area contributed by atoms with E-state index < -0.39 is 0 Å². The number of thioether (sulfide) groups is 1. The highest BCUT2D eigenvalue weighted by Gasteiger charge is 2.27. The summed E-state index contributed by atoms with van der Waals surface area (Å²) in [4.78, 5) is 33.6. The molecule has 0 N–H and O–H groups in total. The molecule has 0 unspecified atom stereocenters. The van der Waals surface area contributed by atoms with E-state index in [-0.39, 0.29) is 17.1 Å². The number of rotatable bonds is 5. The minimum Gasteiger partial charge on any atom is -0.293 e. The first-order valence-electron chi connectivity index (χ1n) is 10.6. The highest BCUT2D eigenvalue weighted by molar-refractivity contribution is 9.10. The van der Waals surface area contributed by atoms with Gasteiger partial charge in [-0.05, 0) is 55.0 Å². The molecule has 2 aromatic carbocycles. The van der Waals surface area contributed by atoms with Crippen LogP contribution in [0.1, 0.15) is 46.5 Å². The number of carbonyl (C=O) groups is 1. The van der Waals surface area contributed by atoms with Gasteiger partial charge in [-0.25, -0.2) is 4.98 Å². The quantitative estimate of drug-likeness (QED) is 0.167. The van der Waals surface area contributed by atoms with Gasteiger partial charge in [0.25, 0.3) is 5.56 Å². The molecule has 0 aliphatic heterocycles. The number of aryl methyl sites for hydroxylation is 1. The van der Waals surface area contributed by atoms with E-state index in [4.69, 9.17) is 4.98 Å². The van der Waals surface area contributed by atoms with Crippen molar-refractivity contribution < 1.29 is 4.79 Å². The Morgan fingerprint density at radius 2 is 1.94 bits per heavy atom. The van der Waals surface area contributed by atoms with Gasteiger partial charge in [0.1, 0.15) is 4.83 Å². The van der Waals surface area contributed by atoms with Crippen LogP contribution in [0.15, 0.2) is 69.0 Å². The molecule has 1 aliphatic rings. The maximum Gasteiger partial charge on any atom is 0.267 e. The fraction of sp³-hybridized carbons (Fsp3) is 0.240. The number of benzene rings is 2. The number of ketones is 1. The van der Waals surface area contributed by atoms with E-state index in [1.807, 2.05) is 54.6 Å². The first-order valence-corrected chi connectivity index (χ1v) is 13.2. The number of halogens is 1. The zero-order valence-corrected chi connectivity index (χ0v) is 20.7. The molecule has 5 rings (SSSR count). The topological polar surface area (TPSA) is 52.0 Å². The molecule has 4 aromatic rings. The number of Topliss-reactive ketones (excluding diaryl/α,β-unsaturated/α-hetero) is 1. The van der Waals surface area contributed by atoms with E-state index in [0.717, 1.165) is 39.6 Å². The van der Waals surface area contributed by atoms with Crippen molar-refractivity contribution in [1.29, 1.82) is 0 Å². The average molecular weight is 525 g/mol. The molecule has 7 heteroatoms. The summed E-state index contributed by atoms with van der Waals surface area (Å²) in [7, 11) is 0. The van der Waals surface area contributed by atoms with E-state index in [9.17, 15) is 9.59 Å². The molecule has 0 amide bonds. The Labute approximate surface area is 202 Å². The summed E-state index contributed by atoms with van der Waals surface area (Å²) >= 11 is 6.36. The van der Waals surface area contributed by atoms with E-state index in [0.29, 0.717) is 16.6 Å². The largest absolute Gasteiger partial charge is 0.293 e. The lowest BCUT2D eigenvalue weighted by Crippen LogP contribution is -2.23. The van der Waals surface area contributed by atoms with E-state index in [1.54, 1.807) is 15.9 Å². The van der Waals surface area contributed by atoms with Gasteiger partial charge < -0.3 is 0 Å². The zero-order chi connectivity index (χ0) is 22.2. The Bertz CT molecular complexity index is 1360. The molecule has 0 fully saturated rings. The van der Waals surface area contributed by atoms with Gasteiger partial charge in [-0.3, -0.25) is 14.2 Å². The standard InChI is InChI=1S/C25H21BrN2O2S2/c1-15-6-5-9-20-21(15)22-23(32-20)27-25(28(24(22)30)18-7-3-2-4-8-18)31-14-19(29)16-10-12-17(26)13-11-16/h2-4,7-8,10-13,15H,5-6,9,14H2,1H3/t15-/m0/s1. The molecule has 1 aliphatic carbocycles. The number of thiophene rings is 1. The Balaban J connectivity index is 1.60. The van der Waals surface area contributed by atoms with Gasteiger partial charge in [0.2, 0.25) is 0 Å². The van der Waals surface area contributed by atoms with Gasteiger partial charge in [-0.15, -0.1) is 11.3 Å². The van der Waals surface area contributed by atoms with Crippen molar-refractivity contribution in [1.82, 2.24) is 9.55 Å². The zero-order valence-electron chi connectivity index (χ0n) is 17.5. The van der Waals surface area contributed by atoms with Crippen LogP contribution in [-0.2, 0) is 6.42 Å². The number of carbonyl (C=O) groups excluding carboxylic acids is 1. The summed E-state index contributed by atoms with van der Waals surface area (Å²) in [5, 5.41) is 1.31. The van der Waals surface area contributed by atoms with Crippen LogP contribution in [0.2, 0.25) is 0 Å². The minimum atomic E-state index is -0.0361. The summed E-state index contributed by atoms with van der Waals surface area (Å²) in [5.41, 5.74) is 2.57. The van der Waals surface area contributed by atoms with Crippen molar-refractivity contribution >= 4 is 55.0 Å². The summed E-state index contributed by atoms with van der Waals surface area (Å²) in [6.07, 6.45) is 3.26. The predicted octanol–water partition coefficient (Wildman–Crippen LogP) is 6.62. The second-order valence-corrected chi connectivity index (χ2v) is 10.9. The minimum absolute atomic E-state index is 0.00977. The van der Waals surface area contributed by atoms with Gasteiger partial charge in [0.15, 0.2) is 10.9 Å². The van der Waals surface area contributed by atoms with Crippen LogP contribution in [0.4, 0.5) is 0 Å². The van der Waals surface area contributed by atoms with Gasteiger partial charge in [-0.1, -0.05) is 64.9 Å². The van der Waals surface area contributed by atoms with Gasteiger partial charge in [0, 0.05) is 14.9 Å². The lowest BCUT2D eigenvalue weighted by atomic mass is 9.88. The molecule has 2 heterocycles. The summed E-state index contributed by atoms with van der Waals surface area (Å²) in [5.74, 6) is 0.590. The summed E-state index contributed by atoms with van der Waals surface area (Å²) in [6.45, 7) is 2.20. The van der Waals surface area contributed by atoms with E-state index >= 15 is 0 Å². The molecule has 32 heavy (non-hydrogen) atoms. The fourth-order valence-corrected chi connectivity index (χ4v) is 6.82. The highest BCUT2D eigenvalue weighted by atomic mass is 79.9. The lowest BCUT2D eigenvalue weighted by Gasteiger charge is -2.19. The molecule has 0 saturated heterocycles. The third-order valence-corrected chi connectivity index (χ3v) is 8.48. The predicted molar refractivity (Wildman–Crippen MR) is 136 cm³/mol. The summed E-state index contributed by atoms with van der Waals surface area (Å²) in [6, 6.07) is 16.9. The fourth-order valence-electron chi connectivity index (χ4n) is 4.27. The number of aromatic nitrogens is 2. The molecule has 0 spiro atoms. The molecule has 4 nitrogen and oxygen atoms in total. The number of hydrogen-bond donors (Lipinski definition) is 0. The molecule has 0 bridgehead atoms. The Kier molecular flexibility index (Phi) is 6.05. The van der Waals surface area contributed by atoms with Crippen LogP contribution in [0.25, 0.3) is 15.9 Å². The molecule has 0 radical (unpaired) electrons. The van der Waals surface area contributed by atoms with Crippen molar-refractivity contribution in [3.8, 4) is 5.69 Å². The monoisotopic (exact) mass is 524 g/mol. The van der Waals surface area contributed by atoms with Crippen molar-refractivity contribution in [3.63, 3.8) is 0 Å². The Morgan fingerprint density at radius 3 is 2.69 bits per heavy atom. The van der Waals surface area contributed by atoms with Crippen LogP contribution < -0.4 is 5.56 Å². The van der Waals surface area contributed by atoms with Crippen LogP contribution in [-0.4, -0.2) is 21.1 Å². The number of para-hydroxylation sites is 1. The second-order valence-electron chi connectivity index (χ2n) is 8.00. The number of nitrogens with zero attached hydrogens (tertiary/aromatic N) is 2. The lowest BCUT2D eigenvalue weighted by molar-refractivity contribution is 0.102. The molecular formula is C25H21BrN2O2S2. The first kappa shape index (κ1) is 21.6. The Hall–Kier alpha value is -2.22. The maximum atomic E-state index is 13.8. The molecule has 1 atom stereocenters. The normalized spacial score (nSPS) is 15.6. The smallest absolute Gasteiger partial charge is 0.267 e. The van der Waals surface area contributed by atoms with Crippen LogP contribution in [0.5, 0.6) is 0 Å². The van der Waals surface area contributed by atoms with Gasteiger partial charge in [0.05, 0.1) is 16.8 Å². The van der Waals surface area contributed by atoms with Crippen molar-refractivity contribution in [3.05, 3.63) is 85.4 Å². The van der Waals surface area contributed by atoms with E-state index in [2.05, 4.69) is 22.9 Å². The second kappa shape index (κ2) is 8.96. The van der Waals surface area contributed by atoms with Crippen LogP contribution in [0, 0.1) is 0 Å². The molecule has 2 aromatic heterocycles. The highest BCUT2D eigenvalue weighted by Crippen LogP contribution is 2.41. The van der Waals surface area contributed by atoms with Crippen molar-refractivity contribution in [2.75, 3.05) is 5.75 Å². The molecular weight excluding hydrogens is 504 g/mol. The number of hydrogen-bond acceptors (Lipinski definition) is 5. The number of fused-ring (bicyclic) bond motifs is 3. The van der Waals surface area contributed by atoms with E-state index in [1.165, 1.54) is 22.2 Å². The van der Waals surface area contributed by atoms with Crippen molar-refractivity contribution in [2.45, 2.75) is 37.3 Å². The van der Waals surface area contributed by atoms with Crippen LogP contribution >= 0.6 is 39.0 Å². The molecule has 0 saturated carbocycles. The third-order valence-electron chi connectivity index (χ3n) is 5.86. The van der Waals surface area contributed by atoms with Crippen molar-refractivity contribution in [2.24, 2.45) is 0 Å². The maximum absolute atomic E-state index is 13.8. The average Bonchev–Trinajstić information content (AvgIpc) is 3.18. The van der Waals surface area contributed by atoms with Gasteiger partial charge in [-0.2, -0.15) is 0 Å². The third kappa shape index (κ3) is 3.98. The van der Waals surface area contributed by atoms with Crippen LogP contribution in [0.3, 0.4) is 0 Å². The summed E-state index contributed by atoms with van der Waals surface area (Å²) < 4.78 is 2.61. The SMILES string of the molecule is C[C@H]1CCCc2sc3nc(SCC(=O)c4ccc(Br)cc4)n(-c4ccccc4)c(=O)c3c21. The van der Waals surface area contributed by atoms with Gasteiger partial charge >= 0.3 is 0 Å². The molecule has 162 valence electrons. The Morgan fingerprint density at radius 1 is 1.19 bits per heavy atom.